The molecule has 32 heavy (non-hydrogen) atoms. The van der Waals surface area contributed by atoms with Crippen molar-refractivity contribution in [1.29, 1.82) is 0 Å². The van der Waals surface area contributed by atoms with Gasteiger partial charge in [-0.1, -0.05) is 6.07 Å². The molecular weight excluding hydrogens is 448 g/mol. The molecule has 1 aliphatic rings. The van der Waals surface area contributed by atoms with E-state index in [1.54, 1.807) is 26.0 Å². The van der Waals surface area contributed by atoms with Crippen LogP contribution in [0.25, 0.3) is 0 Å². The van der Waals surface area contributed by atoms with E-state index in [1.165, 1.54) is 23.5 Å². The molecule has 2 amide bonds. The maximum absolute atomic E-state index is 12.7. The molecule has 1 unspecified atom stereocenters. The number of hydrogen-bond acceptors (Lipinski definition) is 6. The van der Waals surface area contributed by atoms with Gasteiger partial charge in [0.05, 0.1) is 15.8 Å². The van der Waals surface area contributed by atoms with E-state index in [0.29, 0.717) is 23.7 Å². The second kappa shape index (κ2) is 10.6. The Morgan fingerprint density at radius 1 is 1.06 bits per heavy atom. The molecule has 0 bridgehead atoms. The molecule has 1 aromatic heterocycles. The number of anilines is 1. The fraction of sp³-hybridized carbons (Fsp3) is 0.455. The van der Waals surface area contributed by atoms with E-state index in [0.717, 1.165) is 12.8 Å². The molecule has 1 fully saturated rings. The minimum Gasteiger partial charge on any atom is -0.349 e. The molecule has 1 atom stereocenters. The van der Waals surface area contributed by atoms with Crippen molar-refractivity contribution < 1.29 is 18.0 Å². The van der Waals surface area contributed by atoms with E-state index in [-0.39, 0.29) is 34.8 Å². The Morgan fingerprint density at radius 2 is 1.72 bits per heavy atom. The lowest BCUT2D eigenvalue weighted by atomic mass is 10.0. The van der Waals surface area contributed by atoms with Gasteiger partial charge >= 0.3 is 0 Å². The van der Waals surface area contributed by atoms with Crippen molar-refractivity contribution in [2.24, 2.45) is 0 Å². The first kappa shape index (κ1) is 24.4. The molecule has 3 rings (SSSR count). The van der Waals surface area contributed by atoms with Crippen LogP contribution in [0.3, 0.4) is 0 Å². The van der Waals surface area contributed by atoms with E-state index in [2.05, 4.69) is 20.3 Å². The molecule has 0 spiro atoms. The van der Waals surface area contributed by atoms with Gasteiger partial charge in [-0.25, -0.2) is 13.1 Å². The molecule has 1 saturated heterocycles. The van der Waals surface area contributed by atoms with Crippen molar-refractivity contribution in [1.82, 2.24) is 14.9 Å². The molecule has 0 saturated carbocycles. The Balaban J connectivity index is 1.49. The largest absolute Gasteiger partial charge is 0.349 e. The van der Waals surface area contributed by atoms with Crippen molar-refractivity contribution in [2.45, 2.75) is 56.6 Å². The molecule has 3 N–H and O–H groups in total. The lowest BCUT2D eigenvalue weighted by Crippen LogP contribution is -2.50. The summed E-state index contributed by atoms with van der Waals surface area (Å²) in [5.41, 5.74) is 0.545. The van der Waals surface area contributed by atoms with Gasteiger partial charge in [0.2, 0.25) is 15.9 Å². The number of carbonyl (C=O) groups is 2. The van der Waals surface area contributed by atoms with E-state index in [4.69, 9.17) is 0 Å². The number of thiophene rings is 1. The van der Waals surface area contributed by atoms with Gasteiger partial charge in [-0.2, -0.15) is 0 Å². The van der Waals surface area contributed by atoms with Gasteiger partial charge in [0.15, 0.2) is 0 Å². The van der Waals surface area contributed by atoms with Gasteiger partial charge in [0, 0.05) is 30.9 Å². The van der Waals surface area contributed by atoms with Crippen LogP contribution in [0.2, 0.25) is 0 Å². The molecule has 0 radical (unpaired) electrons. The van der Waals surface area contributed by atoms with Gasteiger partial charge in [0.25, 0.3) is 5.91 Å². The first-order chi connectivity index (χ1) is 15.2. The van der Waals surface area contributed by atoms with Crippen molar-refractivity contribution >= 4 is 38.9 Å². The predicted octanol–water partition coefficient (Wildman–Crippen LogP) is 2.66. The van der Waals surface area contributed by atoms with Crippen molar-refractivity contribution in [3.8, 4) is 0 Å². The Morgan fingerprint density at radius 3 is 2.28 bits per heavy atom. The number of rotatable bonds is 8. The summed E-state index contributed by atoms with van der Waals surface area (Å²) in [5, 5.41) is 7.81. The number of carbonyl (C=O) groups excluding carboxylic acids is 2. The van der Waals surface area contributed by atoms with Crippen LogP contribution in [-0.2, 0) is 14.8 Å². The minimum absolute atomic E-state index is 0.0432. The SMILES string of the molecule is CC(C)NS(=O)(=O)c1ccc(NC(=O)C(C)N2CCC(NC(=O)c3cccs3)CC2)cc1. The fourth-order valence-electron chi connectivity index (χ4n) is 3.60. The van der Waals surface area contributed by atoms with Crippen LogP contribution in [0, 0.1) is 0 Å². The molecule has 2 heterocycles. The molecule has 1 aromatic carbocycles. The summed E-state index contributed by atoms with van der Waals surface area (Å²) in [5.74, 6) is -0.194. The van der Waals surface area contributed by atoms with E-state index >= 15 is 0 Å². The van der Waals surface area contributed by atoms with Crippen molar-refractivity contribution in [2.75, 3.05) is 18.4 Å². The Labute approximate surface area is 193 Å². The highest BCUT2D eigenvalue weighted by molar-refractivity contribution is 7.89. The zero-order valence-electron chi connectivity index (χ0n) is 18.5. The smallest absolute Gasteiger partial charge is 0.261 e. The van der Waals surface area contributed by atoms with Gasteiger partial charge in [-0.15, -0.1) is 11.3 Å². The second-order valence-corrected chi connectivity index (χ2v) is 10.9. The van der Waals surface area contributed by atoms with Crippen molar-refractivity contribution in [3.63, 3.8) is 0 Å². The number of benzene rings is 1. The van der Waals surface area contributed by atoms with E-state index < -0.39 is 10.0 Å². The lowest BCUT2D eigenvalue weighted by molar-refractivity contribution is -0.121. The average Bonchev–Trinajstić information content (AvgIpc) is 3.28. The number of likely N-dealkylation sites (tertiary alicyclic amines) is 1. The summed E-state index contributed by atoms with van der Waals surface area (Å²) in [6, 6.07) is 9.37. The van der Waals surface area contributed by atoms with Crippen LogP contribution in [-0.4, -0.2) is 56.3 Å². The van der Waals surface area contributed by atoms with E-state index in [9.17, 15) is 18.0 Å². The number of hydrogen-bond donors (Lipinski definition) is 3. The van der Waals surface area contributed by atoms with Gasteiger partial charge in [0.1, 0.15) is 0 Å². The van der Waals surface area contributed by atoms with Crippen LogP contribution in [0.5, 0.6) is 0 Å². The summed E-state index contributed by atoms with van der Waals surface area (Å²) in [6.07, 6.45) is 1.56. The molecular formula is C22H30N4O4S2. The molecule has 0 aliphatic carbocycles. The highest BCUT2D eigenvalue weighted by Gasteiger charge is 2.27. The topological polar surface area (TPSA) is 108 Å². The maximum atomic E-state index is 12.7. The first-order valence-corrected chi connectivity index (χ1v) is 13.0. The Bertz CT molecular complexity index is 1010. The average molecular weight is 479 g/mol. The normalized spacial score (nSPS) is 16.6. The molecule has 8 nitrogen and oxygen atoms in total. The standard InChI is InChI=1S/C22H30N4O4S2/c1-15(2)25-32(29,30)19-8-6-17(7-9-19)23-21(27)16(3)26-12-10-18(11-13-26)24-22(28)20-5-4-14-31-20/h4-9,14-16,18,25H,10-13H2,1-3H3,(H,23,27)(H,24,28). The lowest BCUT2D eigenvalue weighted by Gasteiger charge is -2.35. The third kappa shape index (κ3) is 6.38. The summed E-state index contributed by atoms with van der Waals surface area (Å²) < 4.78 is 27.0. The molecule has 10 heteroatoms. The summed E-state index contributed by atoms with van der Waals surface area (Å²) in [6.45, 7) is 6.79. The summed E-state index contributed by atoms with van der Waals surface area (Å²) in [7, 11) is -3.57. The second-order valence-electron chi connectivity index (χ2n) is 8.23. The van der Waals surface area contributed by atoms with Crippen molar-refractivity contribution in [3.05, 3.63) is 46.7 Å². The van der Waals surface area contributed by atoms with Crippen LogP contribution in [0.15, 0.2) is 46.7 Å². The van der Waals surface area contributed by atoms with E-state index in [1.807, 2.05) is 24.4 Å². The number of amides is 2. The number of nitrogens with zero attached hydrogens (tertiary/aromatic N) is 1. The highest BCUT2D eigenvalue weighted by Crippen LogP contribution is 2.18. The van der Waals surface area contributed by atoms with Crippen LogP contribution < -0.4 is 15.4 Å². The predicted molar refractivity (Wildman–Crippen MR) is 126 cm³/mol. The molecule has 1 aliphatic heterocycles. The van der Waals surface area contributed by atoms with Gasteiger partial charge in [-0.3, -0.25) is 14.5 Å². The van der Waals surface area contributed by atoms with Gasteiger partial charge < -0.3 is 10.6 Å². The first-order valence-electron chi connectivity index (χ1n) is 10.7. The maximum Gasteiger partial charge on any atom is 0.261 e. The Hall–Kier alpha value is -2.27. The van der Waals surface area contributed by atoms with Gasteiger partial charge in [-0.05, 0) is 69.3 Å². The highest BCUT2D eigenvalue weighted by atomic mass is 32.2. The zero-order chi connectivity index (χ0) is 23.3. The molecule has 2 aromatic rings. The zero-order valence-corrected chi connectivity index (χ0v) is 20.1. The monoisotopic (exact) mass is 478 g/mol. The third-order valence-electron chi connectivity index (χ3n) is 5.36. The quantitative estimate of drug-likeness (QED) is 0.541. The number of piperidine rings is 1. The van der Waals surface area contributed by atoms with Crippen LogP contribution in [0.1, 0.15) is 43.3 Å². The van der Waals surface area contributed by atoms with Crippen LogP contribution >= 0.6 is 11.3 Å². The summed E-state index contributed by atoms with van der Waals surface area (Å²) >= 11 is 1.42. The Kier molecular flexibility index (Phi) is 8.05. The number of nitrogens with one attached hydrogen (secondary N) is 3. The third-order valence-corrected chi connectivity index (χ3v) is 7.90. The number of sulfonamides is 1. The van der Waals surface area contributed by atoms with Crippen LogP contribution in [0.4, 0.5) is 5.69 Å². The summed E-state index contributed by atoms with van der Waals surface area (Å²) in [4.78, 5) is 27.9. The fourth-order valence-corrected chi connectivity index (χ4v) is 5.48. The minimum atomic E-state index is -3.57. The molecule has 174 valence electrons.